The molecule has 82 valence electrons. The molecule has 2 aromatic heterocycles. The van der Waals surface area contributed by atoms with Crippen molar-refractivity contribution in [1.29, 1.82) is 5.26 Å². The first kappa shape index (κ1) is 10.8. The fourth-order valence-corrected chi connectivity index (χ4v) is 2.36. The molecule has 0 unspecified atom stereocenters. The van der Waals surface area contributed by atoms with Gasteiger partial charge in [0.1, 0.15) is 17.0 Å². The average molecular weight is 232 g/mol. The molecule has 0 spiro atoms. The van der Waals surface area contributed by atoms with Gasteiger partial charge in [0, 0.05) is 13.1 Å². The van der Waals surface area contributed by atoms with Crippen LogP contribution in [0.3, 0.4) is 0 Å². The molecule has 0 fully saturated rings. The summed E-state index contributed by atoms with van der Waals surface area (Å²) in [4.78, 5) is 11.6. The Morgan fingerprint density at radius 3 is 3.12 bits per heavy atom. The molecule has 0 radical (unpaired) electrons. The number of thiophene rings is 1. The van der Waals surface area contributed by atoms with E-state index in [0.717, 1.165) is 29.1 Å². The lowest BCUT2D eigenvalue weighted by molar-refractivity contribution is 0.813. The van der Waals surface area contributed by atoms with Gasteiger partial charge in [0.2, 0.25) is 0 Å². The molecular formula is C11H12N4S. The number of rotatable bonds is 4. The van der Waals surface area contributed by atoms with Crippen molar-refractivity contribution in [1.82, 2.24) is 9.97 Å². The number of hydrogen-bond donors (Lipinski definition) is 0. The van der Waals surface area contributed by atoms with Gasteiger partial charge in [0.25, 0.3) is 0 Å². The van der Waals surface area contributed by atoms with Gasteiger partial charge in [-0.25, -0.2) is 9.97 Å². The number of anilines is 1. The minimum atomic E-state index is 0.517. The molecule has 2 aromatic rings. The van der Waals surface area contributed by atoms with Gasteiger partial charge in [0.05, 0.1) is 17.9 Å². The van der Waals surface area contributed by atoms with Gasteiger partial charge in [-0.1, -0.05) is 0 Å². The van der Waals surface area contributed by atoms with Gasteiger partial charge in [-0.15, -0.1) is 11.3 Å². The predicted octanol–water partition coefficient (Wildman–Crippen LogP) is 2.43. The zero-order valence-corrected chi connectivity index (χ0v) is 9.87. The Morgan fingerprint density at radius 2 is 2.38 bits per heavy atom. The van der Waals surface area contributed by atoms with E-state index in [1.165, 1.54) is 0 Å². The molecule has 0 atom stereocenters. The summed E-state index contributed by atoms with van der Waals surface area (Å²) < 4.78 is 0. The zero-order valence-electron chi connectivity index (χ0n) is 9.05. The molecule has 0 aliphatic heterocycles. The molecule has 0 aromatic carbocycles. The predicted molar refractivity (Wildman–Crippen MR) is 65.5 cm³/mol. The maximum atomic E-state index is 8.62. The van der Waals surface area contributed by atoms with Crippen molar-refractivity contribution in [3.8, 4) is 6.07 Å². The van der Waals surface area contributed by atoms with E-state index < -0.39 is 0 Å². The maximum absolute atomic E-state index is 8.62. The van der Waals surface area contributed by atoms with Crippen LogP contribution in [0.1, 0.15) is 13.3 Å². The molecule has 0 N–H and O–H groups in total. The van der Waals surface area contributed by atoms with E-state index in [1.54, 1.807) is 17.7 Å². The normalized spacial score (nSPS) is 10.2. The third kappa shape index (κ3) is 1.97. The second-order valence-electron chi connectivity index (χ2n) is 3.32. The Labute approximate surface area is 98.2 Å². The topological polar surface area (TPSA) is 52.8 Å². The van der Waals surface area contributed by atoms with Crippen molar-refractivity contribution in [2.45, 2.75) is 13.3 Å². The van der Waals surface area contributed by atoms with E-state index in [4.69, 9.17) is 5.26 Å². The molecule has 0 aliphatic carbocycles. The summed E-state index contributed by atoms with van der Waals surface area (Å²) in [6.45, 7) is 3.64. The van der Waals surface area contributed by atoms with Crippen LogP contribution in [0.25, 0.3) is 10.2 Å². The van der Waals surface area contributed by atoms with Crippen molar-refractivity contribution >= 4 is 27.4 Å². The highest BCUT2D eigenvalue weighted by atomic mass is 32.1. The number of nitriles is 1. The molecule has 5 heteroatoms. The molecule has 2 heterocycles. The van der Waals surface area contributed by atoms with Crippen LogP contribution in [-0.4, -0.2) is 23.1 Å². The Bertz CT molecular complexity index is 514. The lowest BCUT2D eigenvalue weighted by atomic mass is 10.3. The van der Waals surface area contributed by atoms with Crippen molar-refractivity contribution in [2.24, 2.45) is 0 Å². The van der Waals surface area contributed by atoms with Crippen LogP contribution in [0, 0.1) is 11.3 Å². The van der Waals surface area contributed by atoms with Crippen molar-refractivity contribution in [3.05, 3.63) is 17.8 Å². The van der Waals surface area contributed by atoms with Gasteiger partial charge in [0.15, 0.2) is 0 Å². The lowest BCUT2D eigenvalue weighted by Crippen LogP contribution is -2.24. The van der Waals surface area contributed by atoms with Crippen LogP contribution in [0.2, 0.25) is 0 Å². The first-order valence-corrected chi connectivity index (χ1v) is 6.05. The minimum Gasteiger partial charge on any atom is -0.355 e. The standard InChI is InChI=1S/C11H12N4S/c1-2-15(6-3-5-12)10-9-4-7-16-11(9)14-8-13-10/h4,7-8H,2-3,6H2,1H3. The van der Waals surface area contributed by atoms with Gasteiger partial charge in [-0.2, -0.15) is 5.26 Å². The van der Waals surface area contributed by atoms with E-state index in [0.29, 0.717) is 6.42 Å². The van der Waals surface area contributed by atoms with Crippen molar-refractivity contribution in [2.75, 3.05) is 18.0 Å². The summed E-state index contributed by atoms with van der Waals surface area (Å²) in [6, 6.07) is 4.19. The first-order chi connectivity index (χ1) is 7.86. The van der Waals surface area contributed by atoms with E-state index in [9.17, 15) is 0 Å². The zero-order chi connectivity index (χ0) is 11.4. The van der Waals surface area contributed by atoms with Gasteiger partial charge < -0.3 is 4.90 Å². The molecule has 0 saturated heterocycles. The molecular weight excluding hydrogens is 220 g/mol. The summed E-state index contributed by atoms with van der Waals surface area (Å²) in [5, 5.41) is 11.7. The summed E-state index contributed by atoms with van der Waals surface area (Å²) in [7, 11) is 0. The van der Waals surface area contributed by atoms with Crippen LogP contribution in [0.5, 0.6) is 0 Å². The van der Waals surface area contributed by atoms with E-state index in [-0.39, 0.29) is 0 Å². The van der Waals surface area contributed by atoms with E-state index >= 15 is 0 Å². The highest BCUT2D eigenvalue weighted by Crippen LogP contribution is 2.26. The van der Waals surface area contributed by atoms with E-state index in [1.807, 2.05) is 11.4 Å². The minimum absolute atomic E-state index is 0.517. The first-order valence-electron chi connectivity index (χ1n) is 5.17. The third-order valence-corrected chi connectivity index (χ3v) is 3.24. The average Bonchev–Trinajstić information content (AvgIpc) is 2.78. The van der Waals surface area contributed by atoms with Crippen LogP contribution in [-0.2, 0) is 0 Å². The Balaban J connectivity index is 2.37. The number of aromatic nitrogens is 2. The van der Waals surface area contributed by atoms with Gasteiger partial charge >= 0.3 is 0 Å². The summed E-state index contributed by atoms with van der Waals surface area (Å²) in [5.41, 5.74) is 0. The molecule has 0 aliphatic rings. The molecule has 0 saturated carbocycles. The summed E-state index contributed by atoms with van der Waals surface area (Å²) in [5.74, 6) is 0.934. The molecule has 4 nitrogen and oxygen atoms in total. The van der Waals surface area contributed by atoms with E-state index in [2.05, 4.69) is 27.9 Å². The second kappa shape index (κ2) is 4.90. The summed E-state index contributed by atoms with van der Waals surface area (Å²) in [6.07, 6.45) is 2.10. The SMILES string of the molecule is CCN(CCC#N)c1ncnc2sccc12. The Hall–Kier alpha value is -1.67. The van der Waals surface area contributed by atoms with Gasteiger partial charge in [-0.05, 0) is 18.4 Å². The van der Waals surface area contributed by atoms with Crippen LogP contribution in [0.4, 0.5) is 5.82 Å². The lowest BCUT2D eigenvalue weighted by Gasteiger charge is -2.20. The molecule has 0 bridgehead atoms. The fraction of sp³-hybridized carbons (Fsp3) is 0.364. The van der Waals surface area contributed by atoms with Crippen molar-refractivity contribution < 1.29 is 0 Å². The molecule has 2 rings (SSSR count). The monoisotopic (exact) mass is 232 g/mol. The number of fused-ring (bicyclic) bond motifs is 1. The smallest absolute Gasteiger partial charge is 0.140 e. The fourth-order valence-electron chi connectivity index (χ4n) is 1.63. The van der Waals surface area contributed by atoms with Crippen molar-refractivity contribution in [3.63, 3.8) is 0 Å². The van der Waals surface area contributed by atoms with Crippen LogP contribution < -0.4 is 4.90 Å². The quantitative estimate of drug-likeness (QED) is 0.812. The van der Waals surface area contributed by atoms with Gasteiger partial charge in [-0.3, -0.25) is 0 Å². The Morgan fingerprint density at radius 1 is 1.50 bits per heavy atom. The highest BCUT2D eigenvalue weighted by Gasteiger charge is 2.10. The Kier molecular flexibility index (Phi) is 3.32. The van der Waals surface area contributed by atoms with Crippen LogP contribution >= 0.6 is 11.3 Å². The number of nitrogens with zero attached hydrogens (tertiary/aromatic N) is 4. The second-order valence-corrected chi connectivity index (χ2v) is 4.22. The highest BCUT2D eigenvalue weighted by molar-refractivity contribution is 7.16. The molecule has 16 heavy (non-hydrogen) atoms. The van der Waals surface area contributed by atoms with Crippen LogP contribution in [0.15, 0.2) is 17.8 Å². The third-order valence-electron chi connectivity index (χ3n) is 2.42. The maximum Gasteiger partial charge on any atom is 0.140 e. The summed E-state index contributed by atoms with van der Waals surface area (Å²) >= 11 is 1.61. The number of hydrogen-bond acceptors (Lipinski definition) is 5. The largest absolute Gasteiger partial charge is 0.355 e. The molecule has 0 amide bonds.